The van der Waals surface area contributed by atoms with Crippen molar-refractivity contribution >= 4 is 22.8 Å². The fraction of sp³-hybridized carbons (Fsp3) is 0.476. The highest BCUT2D eigenvalue weighted by molar-refractivity contribution is 5.85. The number of carbonyl (C=O) groups excluding carboxylic acids is 2. The zero-order valence-electron chi connectivity index (χ0n) is 16.2. The third-order valence-corrected chi connectivity index (χ3v) is 5.25. The molecule has 2 heterocycles. The van der Waals surface area contributed by atoms with Gasteiger partial charge in [0.2, 0.25) is 0 Å². The second-order valence-electron chi connectivity index (χ2n) is 7.17. The summed E-state index contributed by atoms with van der Waals surface area (Å²) >= 11 is 0. The number of likely N-dealkylation sites (tertiary alicyclic amines) is 1. The van der Waals surface area contributed by atoms with Crippen molar-refractivity contribution in [3.05, 3.63) is 39.7 Å². The summed E-state index contributed by atoms with van der Waals surface area (Å²) in [4.78, 5) is 36.8. The Morgan fingerprint density at radius 1 is 1.29 bits per heavy atom. The van der Waals surface area contributed by atoms with Crippen molar-refractivity contribution in [2.24, 2.45) is 5.92 Å². The monoisotopic (exact) mass is 386 g/mol. The minimum Gasteiger partial charge on any atom is -0.550 e. The molecule has 1 aliphatic heterocycles. The molecule has 0 aliphatic carbocycles. The Morgan fingerprint density at radius 2 is 2.00 bits per heavy atom. The number of nitrogens with zero attached hydrogens (tertiary/aromatic N) is 1. The highest BCUT2D eigenvalue weighted by Gasteiger charge is 2.24. The SMILES string of the molecule is CCCc1cc(=O)oc2c(C)c(OCC(=O)N3CCC(C(=O)[O-])CC3)ccc12. The van der Waals surface area contributed by atoms with Gasteiger partial charge in [0.1, 0.15) is 11.3 Å². The molecule has 1 aromatic heterocycles. The van der Waals surface area contributed by atoms with Gasteiger partial charge in [-0.3, -0.25) is 4.79 Å². The molecule has 7 heteroatoms. The molecule has 150 valence electrons. The Kier molecular flexibility index (Phi) is 6.02. The number of carboxylic acids is 1. The number of aryl methyl sites for hydroxylation is 2. The molecule has 0 spiro atoms. The lowest BCUT2D eigenvalue weighted by Gasteiger charge is -2.32. The Morgan fingerprint density at radius 3 is 2.64 bits per heavy atom. The molecule has 0 atom stereocenters. The van der Waals surface area contributed by atoms with Gasteiger partial charge in [-0.25, -0.2) is 4.79 Å². The van der Waals surface area contributed by atoms with Crippen molar-refractivity contribution in [2.45, 2.75) is 39.5 Å². The van der Waals surface area contributed by atoms with Crippen LogP contribution >= 0.6 is 0 Å². The summed E-state index contributed by atoms with van der Waals surface area (Å²) in [5, 5.41) is 11.8. The van der Waals surface area contributed by atoms with Crippen LogP contribution in [0.2, 0.25) is 0 Å². The molecule has 1 amide bonds. The topological polar surface area (TPSA) is 99.9 Å². The number of aliphatic carboxylic acids is 1. The molecule has 2 aromatic rings. The van der Waals surface area contributed by atoms with E-state index in [1.165, 1.54) is 6.07 Å². The molecular formula is C21H24NO6-. The van der Waals surface area contributed by atoms with Crippen LogP contribution in [0.25, 0.3) is 11.0 Å². The number of carboxylic acid groups (broad SMARTS) is 1. The molecule has 28 heavy (non-hydrogen) atoms. The van der Waals surface area contributed by atoms with Crippen LogP contribution in [-0.2, 0) is 16.0 Å². The van der Waals surface area contributed by atoms with Gasteiger partial charge in [0.05, 0.1) is 0 Å². The second-order valence-corrected chi connectivity index (χ2v) is 7.17. The average Bonchev–Trinajstić information content (AvgIpc) is 2.68. The van der Waals surface area contributed by atoms with Crippen molar-refractivity contribution in [3.8, 4) is 5.75 Å². The van der Waals surface area contributed by atoms with E-state index in [1.54, 1.807) is 17.9 Å². The fourth-order valence-corrected chi connectivity index (χ4v) is 3.64. The molecule has 1 aromatic carbocycles. The first-order chi connectivity index (χ1) is 13.4. The first-order valence-corrected chi connectivity index (χ1v) is 9.58. The van der Waals surface area contributed by atoms with Gasteiger partial charge in [0.15, 0.2) is 6.61 Å². The minimum atomic E-state index is -1.06. The van der Waals surface area contributed by atoms with E-state index >= 15 is 0 Å². The summed E-state index contributed by atoms with van der Waals surface area (Å²) in [5.41, 5.74) is 1.70. The number of ether oxygens (including phenoxy) is 1. The average molecular weight is 386 g/mol. The van der Waals surface area contributed by atoms with E-state index in [9.17, 15) is 19.5 Å². The van der Waals surface area contributed by atoms with Gasteiger partial charge in [-0.05, 0) is 43.9 Å². The molecule has 1 aliphatic rings. The number of piperidine rings is 1. The van der Waals surface area contributed by atoms with E-state index in [2.05, 4.69) is 0 Å². The number of benzene rings is 1. The zero-order valence-corrected chi connectivity index (χ0v) is 16.2. The van der Waals surface area contributed by atoms with Crippen LogP contribution < -0.4 is 15.5 Å². The van der Waals surface area contributed by atoms with Crippen molar-refractivity contribution in [3.63, 3.8) is 0 Å². The first-order valence-electron chi connectivity index (χ1n) is 9.58. The van der Waals surface area contributed by atoms with Gasteiger partial charge in [-0.15, -0.1) is 0 Å². The van der Waals surface area contributed by atoms with Crippen molar-refractivity contribution in [1.82, 2.24) is 4.90 Å². The maximum absolute atomic E-state index is 12.4. The third kappa shape index (κ3) is 4.18. The zero-order chi connectivity index (χ0) is 20.3. The molecule has 1 fully saturated rings. The van der Waals surface area contributed by atoms with E-state index in [1.807, 2.05) is 13.0 Å². The van der Waals surface area contributed by atoms with Crippen LogP contribution in [0.15, 0.2) is 27.4 Å². The maximum Gasteiger partial charge on any atom is 0.336 e. The predicted molar refractivity (Wildman–Crippen MR) is 101 cm³/mol. The Hall–Kier alpha value is -2.83. The number of fused-ring (bicyclic) bond motifs is 1. The number of carbonyl (C=O) groups is 2. The van der Waals surface area contributed by atoms with Crippen LogP contribution in [0.5, 0.6) is 5.75 Å². The number of amides is 1. The van der Waals surface area contributed by atoms with Crippen molar-refractivity contribution in [1.29, 1.82) is 0 Å². The van der Waals surface area contributed by atoms with Gasteiger partial charge in [0, 0.05) is 42.0 Å². The Labute approximate surface area is 162 Å². The molecule has 0 unspecified atom stereocenters. The minimum absolute atomic E-state index is 0.152. The van der Waals surface area contributed by atoms with Gasteiger partial charge < -0.3 is 24.0 Å². The van der Waals surface area contributed by atoms with Crippen molar-refractivity contribution in [2.75, 3.05) is 19.7 Å². The lowest BCUT2D eigenvalue weighted by molar-refractivity contribution is -0.312. The molecule has 0 saturated carbocycles. The lowest BCUT2D eigenvalue weighted by atomic mass is 9.97. The third-order valence-electron chi connectivity index (χ3n) is 5.25. The van der Waals surface area contributed by atoms with E-state index in [4.69, 9.17) is 9.15 Å². The molecule has 0 radical (unpaired) electrons. The van der Waals surface area contributed by atoms with Crippen LogP contribution in [0.4, 0.5) is 0 Å². The molecule has 7 nitrogen and oxygen atoms in total. The van der Waals surface area contributed by atoms with Gasteiger partial charge >= 0.3 is 5.63 Å². The predicted octanol–water partition coefficient (Wildman–Crippen LogP) is 1.42. The highest BCUT2D eigenvalue weighted by Crippen LogP contribution is 2.29. The number of hydrogen-bond donors (Lipinski definition) is 0. The Balaban J connectivity index is 1.71. The van der Waals surface area contributed by atoms with Crippen LogP contribution in [0.3, 0.4) is 0 Å². The summed E-state index contributed by atoms with van der Waals surface area (Å²) in [6.07, 6.45) is 2.49. The number of rotatable bonds is 6. The lowest BCUT2D eigenvalue weighted by Crippen LogP contribution is -2.45. The standard InChI is InChI=1S/C21H25NO6/c1-3-4-15-11-19(24)28-20-13(2)17(6-5-16(15)20)27-12-18(23)22-9-7-14(8-10-22)21(25)26/h5-6,11,14H,3-4,7-10,12H2,1-2H3,(H,25,26)/p-1. The molecule has 1 saturated heterocycles. The highest BCUT2D eigenvalue weighted by atomic mass is 16.5. The van der Waals surface area contributed by atoms with E-state index in [-0.39, 0.29) is 12.5 Å². The molecule has 0 bridgehead atoms. The van der Waals surface area contributed by atoms with Gasteiger partial charge in [0.25, 0.3) is 5.91 Å². The Bertz CT molecular complexity index is 940. The molecular weight excluding hydrogens is 362 g/mol. The molecule has 3 rings (SSSR count). The quantitative estimate of drug-likeness (QED) is 0.696. The summed E-state index contributed by atoms with van der Waals surface area (Å²) in [7, 11) is 0. The van der Waals surface area contributed by atoms with E-state index in [0.717, 1.165) is 23.8 Å². The van der Waals surface area contributed by atoms with Crippen LogP contribution in [0, 0.1) is 12.8 Å². The first kappa shape index (κ1) is 19.9. The summed E-state index contributed by atoms with van der Waals surface area (Å²) < 4.78 is 11.1. The van der Waals surface area contributed by atoms with E-state index in [0.29, 0.717) is 42.8 Å². The van der Waals surface area contributed by atoms with Gasteiger partial charge in [-0.1, -0.05) is 13.3 Å². The van der Waals surface area contributed by atoms with Crippen molar-refractivity contribution < 1.29 is 23.8 Å². The van der Waals surface area contributed by atoms with Crippen LogP contribution in [0.1, 0.15) is 37.3 Å². The summed E-state index contributed by atoms with van der Waals surface area (Å²) in [5.74, 6) is -1.26. The summed E-state index contributed by atoms with van der Waals surface area (Å²) in [6, 6.07) is 5.15. The smallest absolute Gasteiger partial charge is 0.336 e. The van der Waals surface area contributed by atoms with Gasteiger partial charge in [-0.2, -0.15) is 0 Å². The molecule has 0 N–H and O–H groups in total. The second kappa shape index (κ2) is 8.46. The maximum atomic E-state index is 12.4. The number of hydrogen-bond acceptors (Lipinski definition) is 6. The van der Waals surface area contributed by atoms with E-state index < -0.39 is 17.5 Å². The van der Waals surface area contributed by atoms with Crippen LogP contribution in [-0.4, -0.2) is 36.5 Å². The fourth-order valence-electron chi connectivity index (χ4n) is 3.64. The largest absolute Gasteiger partial charge is 0.550 e. The summed E-state index contributed by atoms with van der Waals surface area (Å²) in [6.45, 7) is 4.46. The normalized spacial score (nSPS) is 15.0.